The summed E-state index contributed by atoms with van der Waals surface area (Å²) in [5.41, 5.74) is -4.07. The van der Waals surface area contributed by atoms with Gasteiger partial charge in [-0.05, 0) is 30.7 Å². The van der Waals surface area contributed by atoms with Crippen molar-refractivity contribution >= 4 is 12.0 Å². The molecule has 2 nitrogen and oxygen atoms in total. The zero-order valence-corrected chi connectivity index (χ0v) is 10.7. The summed E-state index contributed by atoms with van der Waals surface area (Å²) in [5, 5.41) is 0. The fraction of sp³-hybridized carbons (Fsp3) is 0.308. The first-order valence-corrected chi connectivity index (χ1v) is 5.69. The van der Waals surface area contributed by atoms with E-state index in [0.717, 1.165) is 0 Å². The van der Waals surface area contributed by atoms with Gasteiger partial charge in [0.2, 0.25) is 0 Å². The second-order valence-electron chi connectivity index (χ2n) is 3.85. The molecule has 0 aliphatic carbocycles. The van der Waals surface area contributed by atoms with Crippen LogP contribution in [0, 0.1) is 0 Å². The van der Waals surface area contributed by atoms with Gasteiger partial charge in [0, 0.05) is 6.08 Å². The summed E-state index contributed by atoms with van der Waals surface area (Å²) in [4.78, 5) is 11.1. The highest BCUT2D eigenvalue weighted by Gasteiger charge is 2.39. The summed E-state index contributed by atoms with van der Waals surface area (Å²) < 4.78 is 81.1. The first-order chi connectivity index (χ1) is 9.57. The van der Waals surface area contributed by atoms with Crippen LogP contribution >= 0.6 is 0 Å². The third kappa shape index (κ3) is 4.51. The molecule has 8 heteroatoms. The topological polar surface area (TPSA) is 26.3 Å². The first kappa shape index (κ1) is 17.1. The van der Waals surface area contributed by atoms with Crippen molar-refractivity contribution < 1.29 is 35.9 Å². The Morgan fingerprint density at radius 3 is 1.95 bits per heavy atom. The lowest BCUT2D eigenvalue weighted by Gasteiger charge is -2.16. The lowest BCUT2D eigenvalue weighted by atomic mass is 9.99. The Balaban J connectivity index is 3.40. The molecule has 116 valence electrons. The van der Waals surface area contributed by atoms with E-state index in [-0.39, 0.29) is 6.61 Å². The molecule has 0 amide bonds. The Morgan fingerprint density at radius 1 is 1.10 bits per heavy atom. The highest BCUT2D eigenvalue weighted by atomic mass is 19.4. The molecule has 21 heavy (non-hydrogen) atoms. The predicted molar refractivity (Wildman–Crippen MR) is 62.1 cm³/mol. The van der Waals surface area contributed by atoms with Crippen LogP contribution in [-0.2, 0) is 21.9 Å². The SMILES string of the molecule is CCOC(=O)C=Cc1c(C(F)(F)F)cccc1C(F)(F)F. The largest absolute Gasteiger partial charge is 0.463 e. The number of esters is 1. The molecule has 0 saturated carbocycles. The monoisotopic (exact) mass is 312 g/mol. The van der Waals surface area contributed by atoms with Crippen molar-refractivity contribution in [3.05, 3.63) is 41.0 Å². The molecule has 0 unspecified atom stereocenters. The Kier molecular flexibility index (Phi) is 5.03. The van der Waals surface area contributed by atoms with Crippen LogP contribution in [0.5, 0.6) is 0 Å². The third-order valence-corrected chi connectivity index (χ3v) is 2.39. The van der Waals surface area contributed by atoms with E-state index in [0.29, 0.717) is 30.4 Å². The summed E-state index contributed by atoms with van der Waals surface area (Å²) in [6.07, 6.45) is -8.96. The highest BCUT2D eigenvalue weighted by molar-refractivity contribution is 5.87. The molecule has 0 atom stereocenters. The Morgan fingerprint density at radius 2 is 1.57 bits per heavy atom. The second kappa shape index (κ2) is 6.19. The van der Waals surface area contributed by atoms with Gasteiger partial charge in [0.15, 0.2) is 0 Å². The van der Waals surface area contributed by atoms with Crippen LogP contribution in [0.1, 0.15) is 23.6 Å². The normalized spacial score (nSPS) is 12.7. The van der Waals surface area contributed by atoms with Crippen molar-refractivity contribution in [3.8, 4) is 0 Å². The van der Waals surface area contributed by atoms with E-state index >= 15 is 0 Å². The maximum atomic E-state index is 12.8. The summed E-state index contributed by atoms with van der Waals surface area (Å²) in [5.74, 6) is -1.03. The van der Waals surface area contributed by atoms with E-state index in [1.165, 1.54) is 6.92 Å². The summed E-state index contributed by atoms with van der Waals surface area (Å²) >= 11 is 0. The van der Waals surface area contributed by atoms with Crippen molar-refractivity contribution in [3.63, 3.8) is 0 Å². The standard InChI is InChI=1S/C13H10F6O2/c1-2-21-11(20)7-6-8-9(12(14,15)16)4-3-5-10(8)13(17,18)19/h3-7H,2H2,1H3. The van der Waals surface area contributed by atoms with Gasteiger partial charge < -0.3 is 4.74 Å². The van der Waals surface area contributed by atoms with Crippen molar-refractivity contribution in [1.82, 2.24) is 0 Å². The lowest BCUT2D eigenvalue weighted by Crippen LogP contribution is -2.14. The number of rotatable bonds is 3. The molecule has 0 spiro atoms. The van der Waals surface area contributed by atoms with Crippen LogP contribution in [0.2, 0.25) is 0 Å². The minimum Gasteiger partial charge on any atom is -0.463 e. The number of benzene rings is 1. The quantitative estimate of drug-likeness (QED) is 0.472. The second-order valence-corrected chi connectivity index (χ2v) is 3.85. The van der Waals surface area contributed by atoms with Gasteiger partial charge in [-0.15, -0.1) is 0 Å². The van der Waals surface area contributed by atoms with Crippen molar-refractivity contribution in [2.24, 2.45) is 0 Å². The zero-order valence-electron chi connectivity index (χ0n) is 10.7. The summed E-state index contributed by atoms with van der Waals surface area (Å²) in [6.45, 7) is 1.41. The third-order valence-electron chi connectivity index (χ3n) is 2.39. The van der Waals surface area contributed by atoms with E-state index in [2.05, 4.69) is 4.74 Å². The number of ether oxygens (including phenoxy) is 1. The van der Waals surface area contributed by atoms with Gasteiger partial charge in [-0.25, -0.2) is 4.79 Å². The molecule has 0 heterocycles. The van der Waals surface area contributed by atoms with Crippen molar-refractivity contribution in [1.29, 1.82) is 0 Å². The van der Waals surface area contributed by atoms with Gasteiger partial charge in [-0.1, -0.05) is 6.07 Å². The summed E-state index contributed by atoms with van der Waals surface area (Å²) in [6, 6.07) is 1.69. The number of carbonyl (C=O) groups excluding carboxylic acids is 1. The van der Waals surface area contributed by atoms with Gasteiger partial charge in [0.05, 0.1) is 17.7 Å². The maximum absolute atomic E-state index is 12.8. The highest BCUT2D eigenvalue weighted by Crippen LogP contribution is 2.39. The molecule has 0 saturated heterocycles. The molecule has 0 radical (unpaired) electrons. The van der Waals surface area contributed by atoms with Crippen LogP contribution in [0.4, 0.5) is 26.3 Å². The van der Waals surface area contributed by atoms with Crippen molar-refractivity contribution in [2.75, 3.05) is 6.61 Å². The van der Waals surface area contributed by atoms with E-state index in [1.807, 2.05) is 0 Å². The van der Waals surface area contributed by atoms with E-state index in [1.54, 1.807) is 0 Å². The molecule has 0 aliphatic rings. The first-order valence-electron chi connectivity index (χ1n) is 5.69. The number of hydrogen-bond donors (Lipinski definition) is 0. The molecule has 0 aromatic heterocycles. The predicted octanol–water partition coefficient (Wildman–Crippen LogP) is 4.30. The van der Waals surface area contributed by atoms with Crippen LogP contribution in [0.3, 0.4) is 0 Å². The molecule has 0 fully saturated rings. The number of halogens is 6. The molecule has 0 bridgehead atoms. The Bertz CT molecular complexity index is 510. The molecular formula is C13H10F6O2. The smallest absolute Gasteiger partial charge is 0.417 e. The van der Waals surface area contributed by atoms with E-state index in [4.69, 9.17) is 0 Å². The average molecular weight is 312 g/mol. The van der Waals surface area contributed by atoms with Gasteiger partial charge in [0.1, 0.15) is 0 Å². The minimum atomic E-state index is -4.98. The van der Waals surface area contributed by atoms with E-state index < -0.39 is 35.0 Å². The van der Waals surface area contributed by atoms with Gasteiger partial charge in [-0.3, -0.25) is 0 Å². The molecule has 1 aromatic rings. The van der Waals surface area contributed by atoms with Gasteiger partial charge in [0.25, 0.3) is 0 Å². The lowest BCUT2D eigenvalue weighted by molar-refractivity contribution is -0.143. The molecule has 1 aromatic carbocycles. The Hall–Kier alpha value is -1.99. The zero-order chi connectivity index (χ0) is 16.3. The fourth-order valence-corrected chi connectivity index (χ4v) is 1.58. The molecule has 1 rings (SSSR count). The number of hydrogen-bond acceptors (Lipinski definition) is 2. The minimum absolute atomic E-state index is 0.0454. The van der Waals surface area contributed by atoms with Crippen LogP contribution in [-0.4, -0.2) is 12.6 Å². The van der Waals surface area contributed by atoms with Crippen molar-refractivity contribution in [2.45, 2.75) is 19.3 Å². The number of alkyl halides is 6. The van der Waals surface area contributed by atoms with Gasteiger partial charge >= 0.3 is 18.3 Å². The van der Waals surface area contributed by atoms with Crippen LogP contribution in [0.25, 0.3) is 6.08 Å². The average Bonchev–Trinajstić information content (AvgIpc) is 2.34. The van der Waals surface area contributed by atoms with E-state index in [9.17, 15) is 31.1 Å². The fourth-order valence-electron chi connectivity index (χ4n) is 1.58. The maximum Gasteiger partial charge on any atom is 0.417 e. The Labute approximate surface area is 116 Å². The van der Waals surface area contributed by atoms with Gasteiger partial charge in [-0.2, -0.15) is 26.3 Å². The van der Waals surface area contributed by atoms with Crippen LogP contribution < -0.4 is 0 Å². The van der Waals surface area contributed by atoms with Crippen LogP contribution in [0.15, 0.2) is 24.3 Å². The molecule has 0 aliphatic heterocycles. The molecule has 0 N–H and O–H groups in total. The number of carbonyl (C=O) groups is 1. The molecular weight excluding hydrogens is 302 g/mol. The summed E-state index contributed by atoms with van der Waals surface area (Å²) in [7, 11) is 0.